The molecular formula is C15H15BrN4O5S. The van der Waals surface area contributed by atoms with Crippen LogP contribution in [0, 0.1) is 4.77 Å². The smallest absolute Gasteiger partial charge is 0.303 e. The minimum Gasteiger partial charge on any atom is -0.493 e. The van der Waals surface area contributed by atoms with Gasteiger partial charge in [0.1, 0.15) is 5.69 Å². The quantitative estimate of drug-likeness (QED) is 0.496. The van der Waals surface area contributed by atoms with E-state index in [1.54, 1.807) is 12.1 Å². The predicted molar refractivity (Wildman–Crippen MR) is 99.9 cm³/mol. The Morgan fingerprint density at radius 3 is 2.81 bits per heavy atom. The topological polar surface area (TPSA) is 119 Å². The van der Waals surface area contributed by atoms with E-state index >= 15 is 0 Å². The van der Waals surface area contributed by atoms with Gasteiger partial charge in [-0.25, -0.2) is 0 Å². The maximum absolute atomic E-state index is 12.4. The van der Waals surface area contributed by atoms with Gasteiger partial charge >= 0.3 is 5.97 Å². The van der Waals surface area contributed by atoms with Crippen molar-refractivity contribution in [2.45, 2.75) is 12.8 Å². The molecule has 0 radical (unpaired) electrons. The van der Waals surface area contributed by atoms with Crippen LogP contribution in [-0.4, -0.2) is 46.4 Å². The Labute approximate surface area is 161 Å². The first-order chi connectivity index (χ1) is 12.4. The number of nitrogens with zero attached hydrogens (tertiary/aromatic N) is 3. The fourth-order valence-corrected chi connectivity index (χ4v) is 2.81. The molecule has 0 aliphatic rings. The molecule has 0 bridgehead atoms. The summed E-state index contributed by atoms with van der Waals surface area (Å²) in [5.41, 5.74) is 0.0697. The number of aryl methyl sites for hydroxylation is 1. The molecule has 11 heteroatoms. The number of methoxy groups -OCH3 is 2. The molecule has 2 rings (SSSR count). The normalized spacial score (nSPS) is 10.9. The highest BCUT2D eigenvalue weighted by Gasteiger charge is 2.12. The Morgan fingerprint density at radius 1 is 1.46 bits per heavy atom. The van der Waals surface area contributed by atoms with Gasteiger partial charge in [-0.3, -0.25) is 14.7 Å². The minimum absolute atomic E-state index is 0.0121. The van der Waals surface area contributed by atoms with Crippen molar-refractivity contribution >= 4 is 40.3 Å². The standard InChI is InChI=1S/C15H15BrN4O5S/c1-24-10-5-3-8(12(16)13(10)25-2)7-17-20-14(23)9(4-6-11(21)22)18-19-15(20)26/h3,5,7H,4,6H2,1-2H3,(H,19,26)(H,21,22)/b17-7-. The molecule has 1 heterocycles. The largest absolute Gasteiger partial charge is 0.493 e. The van der Waals surface area contributed by atoms with E-state index < -0.39 is 11.5 Å². The molecule has 0 spiro atoms. The highest BCUT2D eigenvalue weighted by Crippen LogP contribution is 2.36. The monoisotopic (exact) mass is 442 g/mol. The van der Waals surface area contributed by atoms with Gasteiger partial charge in [-0.15, -0.1) is 0 Å². The fraction of sp³-hybridized carbons (Fsp3) is 0.267. The van der Waals surface area contributed by atoms with Crippen molar-refractivity contribution in [3.63, 3.8) is 0 Å². The van der Waals surface area contributed by atoms with Crippen molar-refractivity contribution in [2.24, 2.45) is 5.10 Å². The molecule has 0 unspecified atom stereocenters. The summed E-state index contributed by atoms with van der Waals surface area (Å²) in [5, 5.41) is 19.1. The lowest BCUT2D eigenvalue weighted by atomic mass is 10.2. The van der Waals surface area contributed by atoms with Gasteiger partial charge in [-0.2, -0.15) is 14.9 Å². The Morgan fingerprint density at radius 2 is 2.19 bits per heavy atom. The molecule has 0 saturated carbocycles. The van der Waals surface area contributed by atoms with Crippen molar-refractivity contribution in [3.05, 3.63) is 43.0 Å². The number of carboxylic acid groups (broad SMARTS) is 1. The second kappa shape index (κ2) is 8.72. The van der Waals surface area contributed by atoms with E-state index in [-0.39, 0.29) is 23.3 Å². The predicted octanol–water partition coefficient (Wildman–Crippen LogP) is 1.98. The zero-order valence-electron chi connectivity index (χ0n) is 13.9. The van der Waals surface area contributed by atoms with Gasteiger partial charge in [-0.05, 0) is 40.3 Å². The van der Waals surface area contributed by atoms with Crippen molar-refractivity contribution in [3.8, 4) is 11.5 Å². The zero-order valence-corrected chi connectivity index (χ0v) is 16.3. The molecule has 26 heavy (non-hydrogen) atoms. The van der Waals surface area contributed by atoms with Gasteiger partial charge in [0, 0.05) is 12.0 Å². The Balaban J connectivity index is 2.42. The third-order valence-electron chi connectivity index (χ3n) is 3.32. The second-order valence-electron chi connectivity index (χ2n) is 4.93. The number of benzene rings is 1. The summed E-state index contributed by atoms with van der Waals surface area (Å²) in [5.74, 6) is -0.0188. The van der Waals surface area contributed by atoms with Gasteiger partial charge in [-0.1, -0.05) is 0 Å². The van der Waals surface area contributed by atoms with Gasteiger partial charge in [0.05, 0.1) is 31.3 Å². The molecule has 9 nitrogen and oxygen atoms in total. The number of carboxylic acids is 1. The molecule has 0 fully saturated rings. The summed E-state index contributed by atoms with van der Waals surface area (Å²) >= 11 is 8.43. The van der Waals surface area contributed by atoms with E-state index in [1.807, 2.05) is 0 Å². The van der Waals surface area contributed by atoms with Crippen LogP contribution in [-0.2, 0) is 11.2 Å². The first-order valence-corrected chi connectivity index (χ1v) is 8.46. The third-order valence-corrected chi connectivity index (χ3v) is 4.40. The lowest BCUT2D eigenvalue weighted by molar-refractivity contribution is -0.136. The summed E-state index contributed by atoms with van der Waals surface area (Å²) in [7, 11) is 3.02. The van der Waals surface area contributed by atoms with Crippen molar-refractivity contribution < 1.29 is 19.4 Å². The summed E-state index contributed by atoms with van der Waals surface area (Å²) in [6, 6.07) is 3.42. The van der Waals surface area contributed by atoms with Gasteiger partial charge in [0.15, 0.2) is 11.5 Å². The molecule has 0 aliphatic heterocycles. The summed E-state index contributed by atoms with van der Waals surface area (Å²) < 4.78 is 12.0. The van der Waals surface area contributed by atoms with Crippen LogP contribution in [0.1, 0.15) is 17.7 Å². The summed E-state index contributed by atoms with van der Waals surface area (Å²) in [6.45, 7) is 0. The molecule has 0 saturated heterocycles. The van der Waals surface area contributed by atoms with E-state index in [1.165, 1.54) is 20.4 Å². The highest BCUT2D eigenvalue weighted by atomic mass is 79.9. The Kier molecular flexibility index (Phi) is 6.64. The lowest BCUT2D eigenvalue weighted by Crippen LogP contribution is -2.25. The van der Waals surface area contributed by atoms with E-state index in [9.17, 15) is 9.59 Å². The van der Waals surface area contributed by atoms with E-state index in [2.05, 4.69) is 31.2 Å². The van der Waals surface area contributed by atoms with Gasteiger partial charge in [0.25, 0.3) is 5.56 Å². The molecule has 1 aromatic carbocycles. The van der Waals surface area contributed by atoms with Crippen LogP contribution in [0.4, 0.5) is 0 Å². The minimum atomic E-state index is -1.03. The number of hydrogen-bond acceptors (Lipinski definition) is 7. The average molecular weight is 443 g/mol. The summed E-state index contributed by atoms with van der Waals surface area (Å²) in [4.78, 5) is 23.1. The highest BCUT2D eigenvalue weighted by molar-refractivity contribution is 9.10. The van der Waals surface area contributed by atoms with E-state index in [0.717, 1.165) is 4.68 Å². The SMILES string of the molecule is COc1ccc(/C=N\n2c(=S)[nH]nc(CCC(=O)O)c2=O)c(Br)c1OC. The van der Waals surface area contributed by atoms with Crippen LogP contribution in [0.2, 0.25) is 0 Å². The number of carbonyl (C=O) groups is 1. The number of ether oxygens (including phenoxy) is 2. The number of nitrogens with one attached hydrogen (secondary N) is 1. The van der Waals surface area contributed by atoms with Crippen LogP contribution in [0.25, 0.3) is 0 Å². The van der Waals surface area contributed by atoms with Gasteiger partial charge < -0.3 is 14.6 Å². The number of rotatable bonds is 7. The van der Waals surface area contributed by atoms with Crippen LogP contribution in [0.5, 0.6) is 11.5 Å². The van der Waals surface area contributed by atoms with Crippen LogP contribution < -0.4 is 15.0 Å². The molecule has 0 amide bonds. The van der Waals surface area contributed by atoms with Crippen molar-refractivity contribution in [2.75, 3.05) is 14.2 Å². The molecule has 2 aromatic rings. The van der Waals surface area contributed by atoms with E-state index in [0.29, 0.717) is 21.5 Å². The molecule has 138 valence electrons. The van der Waals surface area contributed by atoms with E-state index in [4.69, 9.17) is 26.8 Å². The number of aromatic amines is 1. The maximum Gasteiger partial charge on any atom is 0.303 e. The first kappa shape index (κ1) is 19.8. The van der Waals surface area contributed by atoms with Crippen LogP contribution in [0.15, 0.2) is 26.5 Å². The average Bonchev–Trinajstić information content (AvgIpc) is 2.61. The Hall–Kier alpha value is -2.53. The van der Waals surface area contributed by atoms with Crippen LogP contribution in [0.3, 0.4) is 0 Å². The number of H-pyrrole nitrogens is 1. The molecule has 0 aliphatic carbocycles. The molecule has 0 atom stereocenters. The first-order valence-electron chi connectivity index (χ1n) is 7.26. The number of halogens is 1. The summed E-state index contributed by atoms with van der Waals surface area (Å²) in [6.07, 6.45) is 1.16. The second-order valence-corrected chi connectivity index (χ2v) is 6.11. The number of aromatic nitrogens is 3. The van der Waals surface area contributed by atoms with Crippen LogP contribution >= 0.6 is 28.1 Å². The molecule has 1 aromatic heterocycles. The third kappa shape index (κ3) is 4.35. The van der Waals surface area contributed by atoms with Crippen molar-refractivity contribution in [1.82, 2.24) is 14.9 Å². The lowest BCUT2D eigenvalue weighted by Gasteiger charge is -2.10. The maximum atomic E-state index is 12.4. The number of hydrogen-bond donors (Lipinski definition) is 2. The van der Waals surface area contributed by atoms with Gasteiger partial charge in [0.2, 0.25) is 4.77 Å². The molecule has 2 N–H and O–H groups in total. The Bertz CT molecular complexity index is 969. The zero-order chi connectivity index (χ0) is 19.3. The number of aliphatic carboxylic acids is 1. The molecular weight excluding hydrogens is 428 g/mol. The van der Waals surface area contributed by atoms with Crippen molar-refractivity contribution in [1.29, 1.82) is 0 Å². The fourth-order valence-electron chi connectivity index (χ4n) is 2.04.